The molecule has 1 atom stereocenters. The van der Waals surface area contributed by atoms with Gasteiger partial charge < -0.3 is 30.4 Å². The molecule has 3 aromatic rings. The van der Waals surface area contributed by atoms with Gasteiger partial charge in [-0.05, 0) is 24.0 Å². The molecule has 11 heteroatoms. The zero-order valence-corrected chi connectivity index (χ0v) is 22.8. The van der Waals surface area contributed by atoms with Crippen molar-refractivity contribution in [2.45, 2.75) is 50.2 Å². The summed E-state index contributed by atoms with van der Waals surface area (Å²) in [4.78, 5) is 58.8. The molecule has 0 bridgehead atoms. The van der Waals surface area contributed by atoms with Gasteiger partial charge in [0.25, 0.3) is 0 Å². The Labute approximate surface area is 238 Å². The number of carbonyl (C=O) groups is 4. The van der Waals surface area contributed by atoms with E-state index in [1.165, 1.54) is 12.5 Å². The van der Waals surface area contributed by atoms with Crippen LogP contribution in [0.5, 0.6) is 0 Å². The molecule has 0 aliphatic heterocycles. The first-order valence-electron chi connectivity index (χ1n) is 13.6. The van der Waals surface area contributed by atoms with Crippen LogP contribution in [-0.4, -0.2) is 69.5 Å². The molecule has 1 fully saturated rings. The summed E-state index contributed by atoms with van der Waals surface area (Å²) in [6, 6.07) is 18.0. The highest BCUT2D eigenvalue weighted by Gasteiger charge is 2.39. The third-order valence-corrected chi connectivity index (χ3v) is 7.34. The molecule has 0 radical (unpaired) electrons. The van der Waals surface area contributed by atoms with Crippen LogP contribution in [0.15, 0.2) is 73.2 Å². The highest BCUT2D eigenvalue weighted by atomic mass is 16.5. The molecule has 2 aromatic carbocycles. The molecular formula is C30H35N5O6. The summed E-state index contributed by atoms with van der Waals surface area (Å²) in [5.41, 5.74) is 2.35. The van der Waals surface area contributed by atoms with E-state index >= 15 is 0 Å². The van der Waals surface area contributed by atoms with Gasteiger partial charge in [0.15, 0.2) is 0 Å². The average molecular weight is 562 g/mol. The number of carbonyl (C=O) groups excluding carboxylic acids is 3. The van der Waals surface area contributed by atoms with Gasteiger partial charge in [0.1, 0.15) is 12.6 Å². The minimum Gasteiger partial charge on any atom is -0.481 e. The number of carboxylic acids is 1. The summed E-state index contributed by atoms with van der Waals surface area (Å²) in [5, 5.41) is 14.8. The van der Waals surface area contributed by atoms with Crippen LogP contribution >= 0.6 is 0 Å². The molecule has 1 heterocycles. The van der Waals surface area contributed by atoms with Gasteiger partial charge in [0, 0.05) is 36.8 Å². The number of imidazole rings is 1. The van der Waals surface area contributed by atoms with Crippen molar-refractivity contribution >= 4 is 23.9 Å². The normalized spacial score (nSPS) is 14.2. The fourth-order valence-corrected chi connectivity index (χ4v) is 4.90. The Hall–Kier alpha value is -4.67. The summed E-state index contributed by atoms with van der Waals surface area (Å²) >= 11 is 0. The molecule has 0 unspecified atom stereocenters. The third kappa shape index (κ3) is 8.41. The first-order chi connectivity index (χ1) is 19.8. The number of aliphatic carboxylic acids is 1. The van der Waals surface area contributed by atoms with E-state index in [9.17, 15) is 24.3 Å². The van der Waals surface area contributed by atoms with Crippen molar-refractivity contribution in [3.63, 3.8) is 0 Å². The van der Waals surface area contributed by atoms with Crippen LogP contribution in [0.25, 0.3) is 0 Å². The third-order valence-electron chi connectivity index (χ3n) is 7.34. The van der Waals surface area contributed by atoms with Crippen LogP contribution in [-0.2, 0) is 37.6 Å². The summed E-state index contributed by atoms with van der Waals surface area (Å²) in [5.74, 6) is -2.12. The van der Waals surface area contributed by atoms with Crippen LogP contribution in [0.1, 0.15) is 42.5 Å². The van der Waals surface area contributed by atoms with Gasteiger partial charge in [-0.3, -0.25) is 14.4 Å². The van der Waals surface area contributed by atoms with Crippen molar-refractivity contribution in [1.29, 1.82) is 0 Å². The number of amides is 3. The molecule has 1 saturated carbocycles. The van der Waals surface area contributed by atoms with E-state index in [1.54, 1.807) is 12.1 Å². The second-order valence-electron chi connectivity index (χ2n) is 10.2. The Morgan fingerprint density at radius 2 is 1.76 bits per heavy atom. The predicted molar refractivity (Wildman–Crippen MR) is 150 cm³/mol. The summed E-state index contributed by atoms with van der Waals surface area (Å²) < 4.78 is 5.30. The number of nitrogens with one attached hydrogen (secondary N) is 3. The molecule has 1 aliphatic carbocycles. The molecule has 216 valence electrons. The number of rotatable bonds is 14. The molecular weight excluding hydrogens is 526 g/mol. The van der Waals surface area contributed by atoms with Crippen molar-refractivity contribution in [3.8, 4) is 0 Å². The Morgan fingerprint density at radius 1 is 1.05 bits per heavy atom. The Bertz CT molecular complexity index is 1300. The van der Waals surface area contributed by atoms with Crippen LogP contribution in [0.2, 0.25) is 0 Å². The van der Waals surface area contributed by atoms with Gasteiger partial charge in [0.05, 0.1) is 19.3 Å². The topological polar surface area (TPSA) is 154 Å². The van der Waals surface area contributed by atoms with Crippen molar-refractivity contribution in [2.24, 2.45) is 0 Å². The van der Waals surface area contributed by atoms with Crippen LogP contribution in [0, 0.1) is 0 Å². The fraction of sp³-hybridized carbons (Fsp3) is 0.367. The lowest BCUT2D eigenvalue weighted by molar-refractivity contribution is -0.141. The maximum absolute atomic E-state index is 13.7. The number of ether oxygens (including phenoxy) is 1. The Morgan fingerprint density at radius 3 is 2.37 bits per heavy atom. The van der Waals surface area contributed by atoms with E-state index in [0.29, 0.717) is 12.2 Å². The van der Waals surface area contributed by atoms with Crippen LogP contribution in [0.4, 0.5) is 4.79 Å². The second kappa shape index (κ2) is 14.1. The smallest absolute Gasteiger partial charge is 0.408 e. The minimum atomic E-state index is -1.12. The van der Waals surface area contributed by atoms with Crippen molar-refractivity contribution in [1.82, 2.24) is 25.5 Å². The van der Waals surface area contributed by atoms with Gasteiger partial charge >= 0.3 is 12.1 Å². The first kappa shape index (κ1) is 29.3. The molecule has 1 aromatic heterocycles. The van der Waals surface area contributed by atoms with Crippen LogP contribution in [0.3, 0.4) is 0 Å². The molecule has 4 rings (SSSR count). The summed E-state index contributed by atoms with van der Waals surface area (Å²) in [7, 11) is 0. The molecule has 1 aliphatic rings. The van der Waals surface area contributed by atoms with Crippen LogP contribution < -0.4 is 10.6 Å². The molecule has 3 amide bonds. The highest BCUT2D eigenvalue weighted by molar-refractivity contribution is 5.90. The Kier molecular flexibility index (Phi) is 10.1. The number of aromatic amines is 1. The number of alkyl carbamates (subject to hydrolysis) is 1. The standard InChI is InChI=1S/C30H35N5O6/c36-26(32-20-30(13-7-14-30)23-10-5-2-6-11-23)18-35(15-12-27(37)38)28(39)25(16-24-17-31-21-33-24)34-29(40)41-19-22-8-3-1-4-9-22/h1-6,8-11,17,21,25H,7,12-16,18-20H2,(H,31,33)(H,32,36)(H,34,40)(H,37,38)/t25-/m0/s1. The van der Waals surface area contributed by atoms with Gasteiger partial charge in [0.2, 0.25) is 11.8 Å². The number of hydrogen-bond acceptors (Lipinski definition) is 6. The minimum absolute atomic E-state index is 0.00589. The molecule has 41 heavy (non-hydrogen) atoms. The number of benzene rings is 2. The number of hydrogen-bond donors (Lipinski definition) is 4. The van der Waals surface area contributed by atoms with Gasteiger partial charge in [-0.1, -0.05) is 67.1 Å². The van der Waals surface area contributed by atoms with E-state index in [1.807, 2.05) is 36.4 Å². The van der Waals surface area contributed by atoms with Crippen molar-refractivity contribution in [3.05, 3.63) is 90.0 Å². The van der Waals surface area contributed by atoms with E-state index in [4.69, 9.17) is 4.74 Å². The monoisotopic (exact) mass is 561 g/mol. The summed E-state index contributed by atoms with van der Waals surface area (Å²) in [6.45, 7) is -0.132. The lowest BCUT2D eigenvalue weighted by atomic mass is 9.64. The average Bonchev–Trinajstić information content (AvgIpc) is 3.47. The quantitative estimate of drug-likeness (QED) is 0.236. The Balaban J connectivity index is 1.42. The van der Waals surface area contributed by atoms with Gasteiger partial charge in [-0.15, -0.1) is 0 Å². The molecule has 0 spiro atoms. The maximum Gasteiger partial charge on any atom is 0.408 e. The van der Waals surface area contributed by atoms with E-state index in [2.05, 4.69) is 32.7 Å². The fourth-order valence-electron chi connectivity index (χ4n) is 4.90. The zero-order valence-electron chi connectivity index (χ0n) is 22.8. The lowest BCUT2D eigenvalue weighted by Gasteiger charge is -2.42. The first-order valence-corrected chi connectivity index (χ1v) is 13.6. The van der Waals surface area contributed by atoms with E-state index < -0.39 is 29.9 Å². The summed E-state index contributed by atoms with van der Waals surface area (Å²) in [6.07, 6.45) is 4.79. The maximum atomic E-state index is 13.7. The van der Waals surface area contributed by atoms with Gasteiger partial charge in [-0.2, -0.15) is 0 Å². The SMILES string of the molecule is O=C(O)CCN(CC(=O)NCC1(c2ccccc2)CCC1)C(=O)[C@H](Cc1cnc[nH]1)NC(=O)OCc1ccccc1. The van der Waals surface area contributed by atoms with Crippen molar-refractivity contribution < 1.29 is 29.0 Å². The molecule has 11 nitrogen and oxygen atoms in total. The van der Waals surface area contributed by atoms with Crippen molar-refractivity contribution in [2.75, 3.05) is 19.6 Å². The number of aromatic nitrogens is 2. The van der Waals surface area contributed by atoms with E-state index in [-0.39, 0.29) is 38.0 Å². The van der Waals surface area contributed by atoms with Gasteiger partial charge in [-0.25, -0.2) is 9.78 Å². The second-order valence-corrected chi connectivity index (χ2v) is 10.2. The number of H-pyrrole nitrogens is 1. The predicted octanol–water partition coefficient (Wildman–Crippen LogP) is 2.79. The molecule has 4 N–H and O–H groups in total. The highest BCUT2D eigenvalue weighted by Crippen LogP contribution is 2.43. The van der Waals surface area contributed by atoms with E-state index in [0.717, 1.165) is 35.3 Å². The largest absolute Gasteiger partial charge is 0.481 e. The zero-order chi connectivity index (χ0) is 29.1. The number of nitrogens with zero attached hydrogens (tertiary/aromatic N) is 2. The number of carboxylic acid groups (broad SMARTS) is 1. The lowest BCUT2D eigenvalue weighted by Crippen LogP contribution is -2.53. The molecule has 0 saturated heterocycles.